The van der Waals surface area contributed by atoms with Crippen molar-refractivity contribution in [2.75, 3.05) is 57.4 Å². The lowest BCUT2D eigenvalue weighted by molar-refractivity contribution is -0.137. The Morgan fingerprint density at radius 2 is 0.776 bits per heavy atom. The summed E-state index contributed by atoms with van der Waals surface area (Å²) in [5.41, 5.74) is 28.6. The van der Waals surface area contributed by atoms with Crippen molar-refractivity contribution in [3.8, 4) is 0 Å². The number of aliphatic hydroxyl groups excluding tert-OH is 2. The van der Waals surface area contributed by atoms with E-state index in [1.165, 1.54) is 6.92 Å². The number of nitrogens with two attached hydrogens (primary N) is 5. The van der Waals surface area contributed by atoms with Gasteiger partial charge in [0.05, 0.1) is 38.8 Å². The van der Waals surface area contributed by atoms with E-state index in [4.69, 9.17) is 50.0 Å². The van der Waals surface area contributed by atoms with Crippen LogP contribution < -0.4 is 119 Å². The van der Waals surface area contributed by atoms with Gasteiger partial charge in [0.2, 0.25) is 88.6 Å². The molecule has 0 aliphatic rings. The predicted octanol–water partition coefficient (Wildman–Crippen LogP) is -9.33. The van der Waals surface area contributed by atoms with Crippen molar-refractivity contribution in [2.45, 2.75) is 184 Å². The molecule has 2 aromatic carbocycles. The van der Waals surface area contributed by atoms with E-state index >= 15 is 0 Å². The van der Waals surface area contributed by atoms with Crippen molar-refractivity contribution in [3.05, 3.63) is 71.8 Å². The van der Waals surface area contributed by atoms with Crippen molar-refractivity contribution in [3.63, 3.8) is 0 Å². The molecule has 644 valence electrons. The molecule has 0 aliphatic carbocycles. The van der Waals surface area contributed by atoms with Gasteiger partial charge in [0.15, 0.2) is 17.9 Å². The number of guanidine groups is 3. The first-order valence-corrected chi connectivity index (χ1v) is 38.6. The van der Waals surface area contributed by atoms with Gasteiger partial charge in [-0.25, -0.2) is 0 Å². The van der Waals surface area contributed by atoms with Gasteiger partial charge in [-0.15, -0.1) is 0 Å². The summed E-state index contributed by atoms with van der Waals surface area (Å²) >= 11 is 8.42. The van der Waals surface area contributed by atoms with E-state index < -0.39 is 224 Å². The van der Waals surface area contributed by atoms with E-state index in [1.807, 2.05) is 0 Å². The van der Waals surface area contributed by atoms with E-state index in [1.54, 1.807) is 88.4 Å². The second kappa shape index (κ2) is 54.4. The van der Waals surface area contributed by atoms with E-state index in [0.717, 1.165) is 0 Å². The summed E-state index contributed by atoms with van der Waals surface area (Å²) in [7, 11) is 0. The van der Waals surface area contributed by atoms with E-state index in [2.05, 4.69) is 116 Å². The first-order chi connectivity index (χ1) is 54.9. The highest BCUT2D eigenvalue weighted by Crippen LogP contribution is 2.15. The number of benzene rings is 2. The van der Waals surface area contributed by atoms with Crippen LogP contribution in [0.5, 0.6) is 0 Å². The third-order valence-electron chi connectivity index (χ3n) is 17.8. The van der Waals surface area contributed by atoms with Crippen LogP contribution in [0.1, 0.15) is 104 Å². The fourth-order valence-corrected chi connectivity index (χ4v) is 11.3. The highest BCUT2D eigenvalue weighted by molar-refractivity contribution is 7.80. The molecule has 2 aromatic rings. The molecule has 45 heteroatoms. The van der Waals surface area contributed by atoms with Crippen LogP contribution >= 0.6 is 25.3 Å². The summed E-state index contributed by atoms with van der Waals surface area (Å²) in [5, 5.41) is 83.7. The van der Waals surface area contributed by atoms with Crippen LogP contribution in [0.15, 0.2) is 60.7 Å². The SMILES string of the molecule is CC[C@H](C)[C@H](NC(=O)[C@H](CCCNC(=N)N)NC(=O)CNC(=O)CNC(=O)[C@H](Cc1ccccc1)NC(=O)[C@@H](C)NC(=O)[C@H](CS)NC(=O)[C@H](CO)NC(=O)[C@@H](N)CO)C(=O)N[C@@H](CC(N)=O)C(=O)N[C@@H](CCCNC(=N)N)C(=O)N[C@H](C(=O)N[C@@H](CS)C(=O)N[C@@H](Cc1ccccc1)C(=O)N[C@H](C=O)CCCNC(=N)N)[C@@H](C)CC. The number of aldehydes is 1. The van der Waals surface area contributed by atoms with Gasteiger partial charge in [0.25, 0.3) is 0 Å². The molecule has 0 heterocycles. The largest absolute Gasteiger partial charge is 0.394 e. The molecule has 32 N–H and O–H groups in total. The molecule has 0 spiro atoms. The van der Waals surface area contributed by atoms with Crippen molar-refractivity contribution >= 4 is 138 Å². The fourth-order valence-electron chi connectivity index (χ4n) is 10.8. The number of hydrogen-bond donors (Lipinski definition) is 29. The highest BCUT2D eigenvalue weighted by atomic mass is 32.1. The van der Waals surface area contributed by atoms with Gasteiger partial charge >= 0.3 is 0 Å². The van der Waals surface area contributed by atoms with Gasteiger partial charge in [-0.05, 0) is 68.4 Å². The first kappa shape index (κ1) is 101. The minimum Gasteiger partial charge on any atom is -0.394 e. The summed E-state index contributed by atoms with van der Waals surface area (Å²) in [6, 6.07) is -2.04. The molecule has 0 unspecified atom stereocenters. The van der Waals surface area contributed by atoms with Gasteiger partial charge in [-0.1, -0.05) is 101 Å². The lowest BCUT2D eigenvalue weighted by atomic mass is 9.96. The zero-order chi connectivity index (χ0) is 87.1. The molecule has 0 radical (unpaired) electrons. The monoisotopic (exact) mass is 1670 g/mol. The molecule has 15 atom stereocenters. The van der Waals surface area contributed by atoms with Gasteiger partial charge < -0.3 is 134 Å². The van der Waals surface area contributed by atoms with Crippen LogP contribution in [-0.4, -0.2) is 259 Å². The minimum absolute atomic E-state index is 0.00354. The summed E-state index contributed by atoms with van der Waals surface area (Å²) in [6.45, 7) is 4.70. The van der Waals surface area contributed by atoms with Gasteiger partial charge in [-0.2, -0.15) is 25.3 Å². The quantitative estimate of drug-likeness (QED) is 0.00961. The van der Waals surface area contributed by atoms with Gasteiger partial charge in [-0.3, -0.25) is 88.1 Å². The molecule has 0 fully saturated rings. The number of carbonyl (C=O) groups excluding carboxylic acids is 16. The number of primary amides is 1. The topological polar surface area (TPSA) is 720 Å². The maximum Gasteiger partial charge on any atom is 0.245 e. The average Bonchev–Trinajstić information content (AvgIpc) is 0.854. The molecule has 15 amide bonds. The number of rotatable bonds is 55. The number of carbonyl (C=O) groups is 16. The van der Waals surface area contributed by atoms with E-state index in [-0.39, 0.29) is 94.9 Å². The van der Waals surface area contributed by atoms with Crippen LogP contribution in [-0.2, 0) is 89.6 Å². The van der Waals surface area contributed by atoms with Crippen molar-refractivity contribution in [1.29, 1.82) is 16.2 Å². The van der Waals surface area contributed by atoms with Gasteiger partial charge in [0, 0.05) is 44.0 Å². The third-order valence-corrected chi connectivity index (χ3v) is 18.5. The van der Waals surface area contributed by atoms with Gasteiger partial charge in [0.1, 0.15) is 78.8 Å². The molecule has 0 saturated heterocycles. The number of nitrogens with one attached hydrogen (secondary N) is 20. The molecule has 0 aromatic heterocycles. The smallest absolute Gasteiger partial charge is 0.245 e. The number of thiol groups is 2. The third kappa shape index (κ3) is 38.6. The Kier molecular flexibility index (Phi) is 47.1. The molecule has 0 bridgehead atoms. The van der Waals surface area contributed by atoms with Crippen LogP contribution in [0.4, 0.5) is 0 Å². The standard InChI is InChI=1S/C71H115N25O18S2/c1-6-37(3)55(95-60(106)44(22-15-25-81-70(76)77)87-54(102)31-83-53(101)30-84-59(105)46(27-40-17-10-8-11-18-40)89-57(103)39(5)85-65(111)50(35-115)93-64(110)49(34-99)92-58(104)43(72)33-98)67(113)91-48(29-52(73)100)63(109)88-45(23-16-26-82-71(78)79)61(107)96-56(38(4)7-2)68(114)94-51(36-116)66(112)90-47(28-41-19-12-9-13-20-41)62(108)86-42(32-97)21-14-24-80-69(74)75/h8-13,17-20,32,37-39,42-51,55-56,98-99,115-116H,6-7,14-16,21-31,33-36,72H2,1-5H3,(H2,73,100)(H,83,101)(H,84,105)(H,85,111)(H,86,108)(H,87,102)(H,88,109)(H,89,103)(H,90,112)(H,91,113)(H,92,104)(H,93,110)(H,94,114)(H,95,106)(H,96,107)(H4,74,75,80)(H4,76,77,81)(H4,78,79,82)/t37-,38-,39+,42-,43-,44-,45-,46-,47-,48-,49-,50-,51-,55-,56-/m0/s1. The van der Waals surface area contributed by atoms with Crippen LogP contribution in [0.25, 0.3) is 0 Å². The Hall–Kier alpha value is -11.5. The highest BCUT2D eigenvalue weighted by Gasteiger charge is 2.38. The van der Waals surface area contributed by atoms with E-state index in [9.17, 15) is 81.8 Å². The Morgan fingerprint density at radius 1 is 0.405 bits per heavy atom. The minimum atomic E-state index is -1.86. The Labute approximate surface area is 682 Å². The fraction of sp³-hybridized carbons (Fsp3) is 0.563. The summed E-state index contributed by atoms with van der Waals surface area (Å²) in [5.74, 6) is -17.7. The zero-order valence-corrected chi connectivity index (χ0v) is 67.1. The summed E-state index contributed by atoms with van der Waals surface area (Å²) in [4.78, 5) is 218. The molecular weight excluding hydrogens is 1560 g/mol. The molecule has 0 aliphatic heterocycles. The zero-order valence-electron chi connectivity index (χ0n) is 65.4. The molecule has 2 rings (SSSR count). The lowest BCUT2D eigenvalue weighted by Gasteiger charge is -2.30. The van der Waals surface area contributed by atoms with Crippen LogP contribution in [0, 0.1) is 28.1 Å². The van der Waals surface area contributed by atoms with Crippen molar-refractivity contribution in [1.82, 2.24) is 90.4 Å². The maximum atomic E-state index is 14.6. The number of amides is 15. The summed E-state index contributed by atoms with van der Waals surface area (Å²) in [6.07, 6.45) is 0.00583. The first-order valence-electron chi connectivity index (χ1n) is 37.4. The van der Waals surface area contributed by atoms with Crippen LogP contribution in [0.3, 0.4) is 0 Å². The lowest BCUT2D eigenvalue weighted by Crippen LogP contribution is -2.62. The molecule has 0 saturated carbocycles. The van der Waals surface area contributed by atoms with E-state index in [0.29, 0.717) is 23.8 Å². The molecule has 43 nitrogen and oxygen atoms in total. The number of hydrogen-bond acceptors (Lipinski definition) is 24. The average molecular weight is 1670 g/mol. The second-order valence-corrected chi connectivity index (χ2v) is 27.8. The Morgan fingerprint density at radius 3 is 1.22 bits per heavy atom. The normalized spacial score (nSPS) is 14.7. The second-order valence-electron chi connectivity index (χ2n) is 27.1. The van der Waals surface area contributed by atoms with Crippen molar-refractivity contribution < 1.29 is 86.9 Å². The molecule has 116 heavy (non-hydrogen) atoms. The molecular formula is C71H115N25O18S2. The van der Waals surface area contributed by atoms with Crippen molar-refractivity contribution in [2.24, 2.45) is 40.5 Å². The Balaban J connectivity index is 2.38. The Bertz CT molecular complexity index is 3650. The van der Waals surface area contributed by atoms with Crippen LogP contribution in [0.2, 0.25) is 0 Å². The number of aliphatic hydroxyl groups is 2. The maximum absolute atomic E-state index is 14.6. The predicted molar refractivity (Wildman–Crippen MR) is 431 cm³/mol. The summed E-state index contributed by atoms with van der Waals surface area (Å²) < 4.78 is 0.